The Kier molecular flexibility index (Phi) is 5.57. The number of ether oxygens (including phenoxy) is 1. The summed E-state index contributed by atoms with van der Waals surface area (Å²) in [4.78, 5) is 15.9. The molecule has 0 aromatic heterocycles. The number of methoxy groups -OCH3 is 1. The van der Waals surface area contributed by atoms with Gasteiger partial charge in [-0.2, -0.15) is 0 Å². The minimum Gasteiger partial charge on any atom is -0.383 e. The van der Waals surface area contributed by atoms with Gasteiger partial charge < -0.3 is 20.7 Å². The van der Waals surface area contributed by atoms with Crippen LogP contribution in [-0.4, -0.2) is 45.7 Å². The van der Waals surface area contributed by atoms with Crippen LogP contribution >= 0.6 is 0 Å². The summed E-state index contributed by atoms with van der Waals surface area (Å²) in [5, 5.41) is 9.33. The van der Waals surface area contributed by atoms with Gasteiger partial charge in [0.1, 0.15) is 0 Å². The van der Waals surface area contributed by atoms with Crippen LogP contribution in [0.4, 0.5) is 5.69 Å². The summed E-state index contributed by atoms with van der Waals surface area (Å²) < 4.78 is 4.99. The predicted molar refractivity (Wildman–Crippen MR) is 83.7 cm³/mol. The molecule has 1 aliphatic rings. The van der Waals surface area contributed by atoms with Gasteiger partial charge in [-0.05, 0) is 11.6 Å². The van der Waals surface area contributed by atoms with Crippen molar-refractivity contribution >= 4 is 17.6 Å². The first-order valence-electron chi connectivity index (χ1n) is 7.07. The van der Waals surface area contributed by atoms with E-state index in [1.807, 2.05) is 18.2 Å². The Morgan fingerprint density at radius 2 is 2.24 bits per heavy atom. The first-order chi connectivity index (χ1) is 10.2. The second-order valence-electron chi connectivity index (χ2n) is 4.91. The molecule has 1 atom stereocenters. The summed E-state index contributed by atoms with van der Waals surface area (Å²) >= 11 is 0. The highest BCUT2D eigenvalue weighted by Gasteiger charge is 2.24. The molecule has 0 aliphatic carbocycles. The van der Waals surface area contributed by atoms with Gasteiger partial charge >= 0.3 is 0 Å². The minimum absolute atomic E-state index is 0.0582. The molecule has 1 aromatic rings. The van der Waals surface area contributed by atoms with Crippen molar-refractivity contribution in [2.75, 3.05) is 39.2 Å². The zero-order valence-corrected chi connectivity index (χ0v) is 12.5. The van der Waals surface area contributed by atoms with Crippen LogP contribution in [0.1, 0.15) is 17.9 Å². The molecule has 1 aliphatic heterocycles. The van der Waals surface area contributed by atoms with Crippen molar-refractivity contribution < 1.29 is 9.53 Å². The summed E-state index contributed by atoms with van der Waals surface area (Å²) in [6, 6.07) is 7.92. The Bertz CT molecular complexity index is 516. The van der Waals surface area contributed by atoms with Crippen molar-refractivity contribution in [3.8, 4) is 0 Å². The Hall–Kier alpha value is -2.08. The number of guanidine groups is 1. The lowest BCUT2D eigenvalue weighted by Crippen LogP contribution is -2.41. The summed E-state index contributed by atoms with van der Waals surface area (Å²) in [5.41, 5.74) is 2.07. The van der Waals surface area contributed by atoms with Crippen LogP contribution in [-0.2, 0) is 9.53 Å². The van der Waals surface area contributed by atoms with E-state index in [1.54, 1.807) is 14.2 Å². The number of aliphatic imine (C=N–C) groups is 1. The molecule has 0 fully saturated rings. The Labute approximate surface area is 125 Å². The topological polar surface area (TPSA) is 74.8 Å². The Morgan fingerprint density at radius 3 is 3.00 bits per heavy atom. The first kappa shape index (κ1) is 15.3. The van der Waals surface area contributed by atoms with Crippen LogP contribution < -0.4 is 16.0 Å². The number of nitrogens with zero attached hydrogens (tertiary/aromatic N) is 1. The van der Waals surface area contributed by atoms with Crippen molar-refractivity contribution in [3.63, 3.8) is 0 Å². The molecule has 6 nitrogen and oxygen atoms in total. The van der Waals surface area contributed by atoms with Gasteiger partial charge in [-0.1, -0.05) is 18.2 Å². The molecule has 1 unspecified atom stereocenters. The molecule has 2 rings (SSSR count). The van der Waals surface area contributed by atoms with Gasteiger partial charge in [-0.3, -0.25) is 9.79 Å². The van der Waals surface area contributed by atoms with Crippen LogP contribution in [0.3, 0.4) is 0 Å². The van der Waals surface area contributed by atoms with Gasteiger partial charge in [0.25, 0.3) is 0 Å². The standard InChI is InChI=1S/C15H22N4O2/c1-16-15(17-7-8-21-2)18-10-11-9-14(20)19-13-6-4-3-5-12(11)13/h3-6,11H,7-10H2,1-2H3,(H,19,20)(H2,16,17,18). The highest BCUT2D eigenvalue weighted by atomic mass is 16.5. The quantitative estimate of drug-likeness (QED) is 0.428. The lowest BCUT2D eigenvalue weighted by atomic mass is 9.90. The largest absolute Gasteiger partial charge is 0.383 e. The highest BCUT2D eigenvalue weighted by Crippen LogP contribution is 2.31. The predicted octanol–water partition coefficient (Wildman–Crippen LogP) is 0.924. The molecule has 0 spiro atoms. The number of rotatable bonds is 5. The third kappa shape index (κ3) is 4.19. The number of hydrogen-bond acceptors (Lipinski definition) is 3. The maximum atomic E-state index is 11.8. The third-order valence-electron chi connectivity index (χ3n) is 3.44. The number of benzene rings is 1. The van der Waals surface area contributed by atoms with Gasteiger partial charge in [0.2, 0.25) is 5.91 Å². The van der Waals surface area contributed by atoms with Crippen molar-refractivity contribution in [1.82, 2.24) is 10.6 Å². The van der Waals surface area contributed by atoms with Gasteiger partial charge in [-0.15, -0.1) is 0 Å². The van der Waals surface area contributed by atoms with Crippen LogP contribution in [0.25, 0.3) is 0 Å². The van der Waals surface area contributed by atoms with E-state index < -0.39 is 0 Å². The maximum Gasteiger partial charge on any atom is 0.225 e. The molecule has 114 valence electrons. The maximum absolute atomic E-state index is 11.8. The van der Waals surface area contributed by atoms with Gasteiger partial charge in [0, 0.05) is 45.3 Å². The fourth-order valence-corrected chi connectivity index (χ4v) is 2.40. The van der Waals surface area contributed by atoms with Crippen molar-refractivity contribution in [2.45, 2.75) is 12.3 Å². The molecule has 1 amide bonds. The Balaban J connectivity index is 1.95. The molecule has 6 heteroatoms. The lowest BCUT2D eigenvalue weighted by Gasteiger charge is -2.26. The fourth-order valence-electron chi connectivity index (χ4n) is 2.40. The zero-order valence-electron chi connectivity index (χ0n) is 12.5. The van der Waals surface area contributed by atoms with Crippen LogP contribution in [0.2, 0.25) is 0 Å². The van der Waals surface area contributed by atoms with E-state index >= 15 is 0 Å². The molecule has 0 bridgehead atoms. The number of amides is 1. The second kappa shape index (κ2) is 7.64. The van der Waals surface area contributed by atoms with Gasteiger partial charge in [-0.25, -0.2) is 0 Å². The van der Waals surface area contributed by atoms with Crippen molar-refractivity contribution in [3.05, 3.63) is 29.8 Å². The highest BCUT2D eigenvalue weighted by molar-refractivity contribution is 5.94. The van der Waals surface area contributed by atoms with E-state index in [2.05, 4.69) is 27.0 Å². The molecule has 0 radical (unpaired) electrons. The number of carbonyl (C=O) groups excluding carboxylic acids is 1. The monoisotopic (exact) mass is 290 g/mol. The summed E-state index contributed by atoms with van der Waals surface area (Å²) in [6.45, 7) is 1.98. The molecule has 1 aromatic carbocycles. The van der Waals surface area contributed by atoms with Gasteiger partial charge in [0.15, 0.2) is 5.96 Å². The molecule has 1 heterocycles. The van der Waals surface area contributed by atoms with Crippen LogP contribution in [0.15, 0.2) is 29.3 Å². The van der Waals surface area contributed by atoms with Gasteiger partial charge in [0.05, 0.1) is 6.61 Å². The minimum atomic E-state index is 0.0582. The molecule has 0 saturated heterocycles. The molecule has 3 N–H and O–H groups in total. The SMILES string of the molecule is CN=C(NCCOC)NCC1CC(=O)Nc2ccccc21. The number of para-hydroxylation sites is 1. The number of hydrogen-bond donors (Lipinski definition) is 3. The smallest absolute Gasteiger partial charge is 0.225 e. The Morgan fingerprint density at radius 1 is 1.43 bits per heavy atom. The molecular weight excluding hydrogens is 268 g/mol. The zero-order chi connectivity index (χ0) is 15.1. The van der Waals surface area contributed by atoms with Crippen LogP contribution in [0, 0.1) is 0 Å². The van der Waals surface area contributed by atoms with E-state index in [-0.39, 0.29) is 11.8 Å². The van der Waals surface area contributed by atoms with E-state index in [0.29, 0.717) is 26.1 Å². The van der Waals surface area contributed by atoms with Crippen molar-refractivity contribution in [1.29, 1.82) is 0 Å². The fraction of sp³-hybridized carbons (Fsp3) is 0.467. The number of nitrogens with one attached hydrogen (secondary N) is 3. The first-order valence-corrected chi connectivity index (χ1v) is 7.07. The van der Waals surface area contributed by atoms with Crippen LogP contribution in [0.5, 0.6) is 0 Å². The summed E-state index contributed by atoms with van der Waals surface area (Å²) in [5.74, 6) is 0.925. The lowest BCUT2D eigenvalue weighted by molar-refractivity contribution is -0.116. The van der Waals surface area contributed by atoms with E-state index in [1.165, 1.54) is 0 Å². The molecule has 0 saturated carbocycles. The number of anilines is 1. The third-order valence-corrected chi connectivity index (χ3v) is 3.44. The van der Waals surface area contributed by atoms with E-state index in [0.717, 1.165) is 17.2 Å². The second-order valence-corrected chi connectivity index (χ2v) is 4.91. The summed E-state index contributed by atoms with van der Waals surface area (Å²) in [7, 11) is 3.39. The van der Waals surface area contributed by atoms with E-state index in [9.17, 15) is 4.79 Å². The normalized spacial score (nSPS) is 17.9. The van der Waals surface area contributed by atoms with Crippen molar-refractivity contribution in [2.24, 2.45) is 4.99 Å². The van der Waals surface area contributed by atoms with E-state index in [4.69, 9.17) is 4.74 Å². The molecular formula is C15H22N4O2. The number of fused-ring (bicyclic) bond motifs is 1. The molecule has 21 heavy (non-hydrogen) atoms. The summed E-state index contributed by atoms with van der Waals surface area (Å²) in [6.07, 6.45) is 0.485. The average Bonchev–Trinajstić information content (AvgIpc) is 2.50. The number of carbonyl (C=O) groups is 1. The average molecular weight is 290 g/mol.